The highest BCUT2D eigenvalue weighted by atomic mass is 16.7. The van der Waals surface area contributed by atoms with Crippen LogP contribution in [0.25, 0.3) is 0 Å². The molecule has 0 aliphatic carbocycles. The van der Waals surface area contributed by atoms with Crippen molar-refractivity contribution in [3.8, 4) is 28.7 Å². The summed E-state index contributed by atoms with van der Waals surface area (Å²) in [5.74, 6) is 1.45. The molecule has 2 aliphatic rings. The van der Waals surface area contributed by atoms with E-state index in [1.807, 2.05) is 12.1 Å². The number of hydrogen-bond donors (Lipinski definition) is 5. The van der Waals surface area contributed by atoms with Gasteiger partial charge in [0.25, 0.3) is 0 Å². The molecule has 1 fully saturated rings. The van der Waals surface area contributed by atoms with Crippen molar-refractivity contribution in [2.24, 2.45) is 0 Å². The van der Waals surface area contributed by atoms with Gasteiger partial charge in [-0.2, -0.15) is 0 Å². The van der Waals surface area contributed by atoms with Crippen LogP contribution in [0.4, 0.5) is 0 Å². The van der Waals surface area contributed by atoms with Gasteiger partial charge >= 0.3 is 0 Å². The van der Waals surface area contributed by atoms with Crippen molar-refractivity contribution in [2.45, 2.75) is 43.0 Å². The number of rotatable bonds is 6. The molecular formula is C23H28O10. The third-order valence-electron chi connectivity index (χ3n) is 6.03. The first-order chi connectivity index (χ1) is 15.9. The first-order valence-corrected chi connectivity index (χ1v) is 10.5. The molecule has 10 nitrogen and oxygen atoms in total. The Morgan fingerprint density at radius 3 is 2.48 bits per heavy atom. The molecule has 2 aromatic rings. The minimum atomic E-state index is -1.52. The van der Waals surface area contributed by atoms with Crippen molar-refractivity contribution in [3.05, 3.63) is 41.5 Å². The van der Waals surface area contributed by atoms with Crippen molar-refractivity contribution in [1.29, 1.82) is 0 Å². The Morgan fingerprint density at radius 1 is 1.00 bits per heavy atom. The monoisotopic (exact) mass is 464 g/mol. The lowest BCUT2D eigenvalue weighted by Gasteiger charge is -2.39. The van der Waals surface area contributed by atoms with Crippen molar-refractivity contribution < 1.29 is 49.2 Å². The average molecular weight is 464 g/mol. The minimum Gasteiger partial charge on any atom is -0.502 e. The number of aliphatic hydroxyl groups is 4. The summed E-state index contributed by atoms with van der Waals surface area (Å²) in [7, 11) is 2.95. The van der Waals surface area contributed by atoms with Crippen LogP contribution in [0.2, 0.25) is 0 Å². The van der Waals surface area contributed by atoms with Gasteiger partial charge in [-0.05, 0) is 24.1 Å². The number of aliphatic hydroxyl groups excluding tert-OH is 4. The van der Waals surface area contributed by atoms with E-state index in [0.29, 0.717) is 36.0 Å². The first-order valence-electron chi connectivity index (χ1n) is 10.5. The zero-order valence-corrected chi connectivity index (χ0v) is 18.2. The summed E-state index contributed by atoms with van der Waals surface area (Å²) in [4.78, 5) is 0. The van der Waals surface area contributed by atoms with Crippen LogP contribution in [0.5, 0.6) is 28.7 Å². The zero-order valence-electron chi connectivity index (χ0n) is 18.2. The average Bonchev–Trinajstić information content (AvgIpc) is 2.83. The summed E-state index contributed by atoms with van der Waals surface area (Å²) < 4.78 is 27.6. The first kappa shape index (κ1) is 23.4. The fraction of sp³-hybridized carbons (Fsp3) is 0.478. The number of fused-ring (bicyclic) bond motifs is 1. The molecule has 0 spiro atoms. The molecule has 180 valence electrons. The molecule has 6 atom stereocenters. The summed E-state index contributed by atoms with van der Waals surface area (Å²) in [5, 5.41) is 49.7. The summed E-state index contributed by atoms with van der Waals surface area (Å²) in [6.45, 7) is -0.206. The van der Waals surface area contributed by atoms with Crippen molar-refractivity contribution in [3.63, 3.8) is 0 Å². The smallest absolute Gasteiger partial charge is 0.229 e. The fourth-order valence-corrected chi connectivity index (χ4v) is 4.19. The Balaban J connectivity index is 1.50. The molecular weight excluding hydrogens is 436 g/mol. The number of hydrogen-bond acceptors (Lipinski definition) is 10. The van der Waals surface area contributed by atoms with Gasteiger partial charge in [0.2, 0.25) is 12.0 Å². The van der Waals surface area contributed by atoms with Gasteiger partial charge in [-0.15, -0.1) is 0 Å². The molecule has 2 aliphatic heterocycles. The Hall–Kier alpha value is -2.76. The zero-order chi connectivity index (χ0) is 23.7. The van der Waals surface area contributed by atoms with E-state index in [2.05, 4.69) is 0 Å². The molecule has 0 bridgehead atoms. The molecule has 5 N–H and O–H groups in total. The van der Waals surface area contributed by atoms with Gasteiger partial charge in [0.15, 0.2) is 11.5 Å². The van der Waals surface area contributed by atoms with Gasteiger partial charge in [0.05, 0.1) is 27.4 Å². The number of methoxy groups -OCH3 is 2. The number of benzene rings is 2. The number of phenols is 1. The number of phenolic OH excluding ortho intramolecular Hbond substituents is 1. The SMILES string of the molecule is COc1ccc([C@@H]2COc3cc(O[C@@H]4O[C@H](CO)[C@H](O)[C@H](O)[C@H]4O)ccc3C2)c(OC)c1O. The van der Waals surface area contributed by atoms with Crippen LogP contribution in [0, 0.1) is 0 Å². The standard InChI is InChI=1S/C23H28O10/c1-29-15-6-5-14(22(30-2)19(15)26)12-7-11-3-4-13(8-16(11)31-10-12)32-23-21(28)20(27)18(25)17(9-24)33-23/h3-6,8,12,17-18,20-21,23-28H,7,9-10H2,1-2H3/t12-,17+,18-,20-,21+,23+/m0/s1. The van der Waals surface area contributed by atoms with Crippen molar-refractivity contribution in [1.82, 2.24) is 0 Å². The highest BCUT2D eigenvalue weighted by Gasteiger charge is 2.44. The molecule has 2 aromatic carbocycles. The minimum absolute atomic E-state index is 0.0634. The second-order valence-corrected chi connectivity index (χ2v) is 8.04. The lowest BCUT2D eigenvalue weighted by atomic mass is 9.89. The second-order valence-electron chi connectivity index (χ2n) is 8.04. The van der Waals surface area contributed by atoms with Crippen LogP contribution in [-0.2, 0) is 11.2 Å². The topological polar surface area (TPSA) is 147 Å². The van der Waals surface area contributed by atoms with E-state index in [9.17, 15) is 25.5 Å². The van der Waals surface area contributed by atoms with Crippen LogP contribution in [0.1, 0.15) is 17.0 Å². The number of aromatic hydroxyl groups is 1. The van der Waals surface area contributed by atoms with Gasteiger partial charge in [-0.25, -0.2) is 0 Å². The molecule has 0 aromatic heterocycles. The van der Waals surface area contributed by atoms with E-state index in [0.717, 1.165) is 11.1 Å². The lowest BCUT2D eigenvalue weighted by Crippen LogP contribution is -2.60. The van der Waals surface area contributed by atoms with Crippen LogP contribution >= 0.6 is 0 Å². The van der Waals surface area contributed by atoms with Gasteiger partial charge in [0, 0.05) is 17.5 Å². The molecule has 4 rings (SSSR count). The van der Waals surface area contributed by atoms with Crippen molar-refractivity contribution >= 4 is 0 Å². The summed E-state index contributed by atoms with van der Waals surface area (Å²) >= 11 is 0. The molecule has 0 saturated carbocycles. The molecule has 2 heterocycles. The van der Waals surface area contributed by atoms with Crippen molar-refractivity contribution in [2.75, 3.05) is 27.4 Å². The normalized spacial score (nSPS) is 29.0. The maximum atomic E-state index is 10.4. The van der Waals surface area contributed by atoms with Crippen LogP contribution in [0.15, 0.2) is 30.3 Å². The Morgan fingerprint density at radius 2 is 1.79 bits per heavy atom. The van der Waals surface area contributed by atoms with Gasteiger partial charge in [-0.3, -0.25) is 0 Å². The van der Waals surface area contributed by atoms with E-state index in [1.54, 1.807) is 18.2 Å². The highest BCUT2D eigenvalue weighted by molar-refractivity contribution is 5.56. The van der Waals surface area contributed by atoms with E-state index in [1.165, 1.54) is 14.2 Å². The lowest BCUT2D eigenvalue weighted by molar-refractivity contribution is -0.277. The fourth-order valence-electron chi connectivity index (χ4n) is 4.19. The van der Waals surface area contributed by atoms with Crippen LogP contribution in [0.3, 0.4) is 0 Å². The molecule has 0 unspecified atom stereocenters. The van der Waals surface area contributed by atoms with E-state index >= 15 is 0 Å². The summed E-state index contributed by atoms with van der Waals surface area (Å²) in [6.07, 6.45) is -6.19. The third-order valence-corrected chi connectivity index (χ3v) is 6.03. The maximum Gasteiger partial charge on any atom is 0.229 e. The van der Waals surface area contributed by atoms with Crippen LogP contribution in [-0.4, -0.2) is 83.7 Å². The Bertz CT molecular complexity index is 978. The van der Waals surface area contributed by atoms with Crippen LogP contribution < -0.4 is 18.9 Å². The third kappa shape index (κ3) is 4.40. The maximum absolute atomic E-state index is 10.4. The Kier molecular flexibility index (Phi) is 6.82. The predicted molar refractivity (Wildman–Crippen MR) is 114 cm³/mol. The largest absolute Gasteiger partial charge is 0.502 e. The Labute approximate surface area is 190 Å². The quantitative estimate of drug-likeness (QED) is 0.405. The number of ether oxygens (including phenoxy) is 5. The summed E-state index contributed by atoms with van der Waals surface area (Å²) in [6, 6.07) is 8.66. The molecule has 33 heavy (non-hydrogen) atoms. The molecule has 1 saturated heterocycles. The van der Waals surface area contributed by atoms with Gasteiger partial charge in [0.1, 0.15) is 35.9 Å². The molecule has 0 amide bonds. The molecule has 10 heteroatoms. The highest BCUT2D eigenvalue weighted by Crippen LogP contribution is 2.44. The van der Waals surface area contributed by atoms with E-state index < -0.39 is 37.3 Å². The second kappa shape index (κ2) is 9.62. The van der Waals surface area contributed by atoms with Gasteiger partial charge in [-0.1, -0.05) is 12.1 Å². The predicted octanol–water partition coefficient (Wildman–Crippen LogP) is 0.307. The van der Waals surface area contributed by atoms with Gasteiger partial charge < -0.3 is 49.2 Å². The summed E-state index contributed by atoms with van der Waals surface area (Å²) in [5.41, 5.74) is 1.70. The molecule has 0 radical (unpaired) electrons. The van der Waals surface area contributed by atoms with E-state index in [4.69, 9.17) is 23.7 Å². The van der Waals surface area contributed by atoms with E-state index in [-0.39, 0.29) is 11.7 Å².